The van der Waals surface area contributed by atoms with Gasteiger partial charge in [-0.1, -0.05) is 30.6 Å². The number of phenols is 1. The Bertz CT molecular complexity index is 564. The summed E-state index contributed by atoms with van der Waals surface area (Å²) in [5, 5.41) is 13.8. The Morgan fingerprint density at radius 3 is 2.68 bits per heavy atom. The van der Waals surface area contributed by atoms with Crippen LogP contribution in [-0.2, 0) is 4.74 Å². The number of ether oxygens (including phenoxy) is 1. The second kappa shape index (κ2) is 5.40. The van der Waals surface area contributed by atoms with Gasteiger partial charge in [0.1, 0.15) is 11.9 Å². The van der Waals surface area contributed by atoms with E-state index in [0.29, 0.717) is 17.3 Å². The molecule has 0 aliphatic heterocycles. The molecule has 1 aromatic carbocycles. The van der Waals surface area contributed by atoms with Crippen molar-refractivity contribution in [1.29, 1.82) is 0 Å². The molecular formula is C14H18N2O3. The number of phenolic OH excluding ortho intramolecular Hbond substituents is 1. The van der Waals surface area contributed by atoms with E-state index < -0.39 is 0 Å². The average Bonchev–Trinajstić information content (AvgIpc) is 2.82. The van der Waals surface area contributed by atoms with Gasteiger partial charge in [0.2, 0.25) is 5.82 Å². The van der Waals surface area contributed by atoms with Crippen LogP contribution in [-0.4, -0.2) is 22.4 Å². The molecule has 0 aliphatic rings. The lowest BCUT2D eigenvalue weighted by molar-refractivity contribution is 0.0556. The van der Waals surface area contributed by atoms with Crippen LogP contribution in [0.15, 0.2) is 22.7 Å². The van der Waals surface area contributed by atoms with Gasteiger partial charge in [-0.25, -0.2) is 0 Å². The van der Waals surface area contributed by atoms with Crippen LogP contribution in [0.5, 0.6) is 5.75 Å². The molecule has 1 aromatic heterocycles. The molecule has 0 amide bonds. The van der Waals surface area contributed by atoms with E-state index in [9.17, 15) is 5.11 Å². The smallest absolute Gasteiger partial charge is 0.261 e. The number of aromatic hydroxyl groups is 1. The second-order valence-corrected chi connectivity index (χ2v) is 4.88. The zero-order valence-corrected chi connectivity index (χ0v) is 11.5. The highest BCUT2D eigenvalue weighted by atomic mass is 16.5. The topological polar surface area (TPSA) is 68.4 Å². The van der Waals surface area contributed by atoms with Gasteiger partial charge in [-0.3, -0.25) is 0 Å². The average molecular weight is 262 g/mol. The largest absolute Gasteiger partial charge is 0.507 e. The first kappa shape index (κ1) is 13.5. The summed E-state index contributed by atoms with van der Waals surface area (Å²) in [4.78, 5) is 4.31. The minimum absolute atomic E-state index is 0.124. The third-order valence-corrected chi connectivity index (χ3v) is 2.94. The van der Waals surface area contributed by atoms with Crippen LogP contribution in [0.3, 0.4) is 0 Å². The lowest BCUT2D eigenvalue weighted by atomic mass is 10.1. The number of methoxy groups -OCH3 is 1. The molecule has 0 aliphatic carbocycles. The molecule has 19 heavy (non-hydrogen) atoms. The molecule has 0 saturated heterocycles. The van der Waals surface area contributed by atoms with E-state index in [1.54, 1.807) is 13.2 Å². The summed E-state index contributed by atoms with van der Waals surface area (Å²) in [5.74, 6) is 1.16. The maximum Gasteiger partial charge on any atom is 0.261 e. The first-order chi connectivity index (χ1) is 9.02. The van der Waals surface area contributed by atoms with E-state index in [1.807, 2.05) is 32.9 Å². The molecule has 1 heterocycles. The number of nitrogens with zero attached hydrogens (tertiary/aromatic N) is 2. The van der Waals surface area contributed by atoms with Crippen molar-refractivity contribution in [2.24, 2.45) is 5.92 Å². The van der Waals surface area contributed by atoms with Gasteiger partial charge in [-0.05, 0) is 25.0 Å². The van der Waals surface area contributed by atoms with Crippen molar-refractivity contribution in [3.8, 4) is 17.2 Å². The van der Waals surface area contributed by atoms with Gasteiger partial charge in [-0.15, -0.1) is 0 Å². The molecule has 0 bridgehead atoms. The van der Waals surface area contributed by atoms with Gasteiger partial charge in [-0.2, -0.15) is 4.98 Å². The molecule has 2 rings (SSSR count). The quantitative estimate of drug-likeness (QED) is 0.917. The molecule has 5 nitrogen and oxygen atoms in total. The standard InChI is InChI=1S/C14H18N2O3/c1-8(2)12(18-4)13-15-14(19-16-13)10-7-9(3)5-6-11(10)17/h5-8,12,17H,1-4H3. The van der Waals surface area contributed by atoms with Gasteiger partial charge in [0.25, 0.3) is 5.89 Å². The number of hydrogen-bond acceptors (Lipinski definition) is 5. The third kappa shape index (κ3) is 2.76. The van der Waals surface area contributed by atoms with Crippen molar-refractivity contribution >= 4 is 0 Å². The van der Waals surface area contributed by atoms with Gasteiger partial charge in [0.15, 0.2) is 0 Å². The number of benzene rings is 1. The lowest BCUT2D eigenvalue weighted by Gasteiger charge is -2.14. The molecule has 1 atom stereocenters. The maximum atomic E-state index is 9.84. The van der Waals surface area contributed by atoms with Crippen molar-refractivity contribution in [3.05, 3.63) is 29.6 Å². The summed E-state index contributed by atoms with van der Waals surface area (Å²) in [6, 6.07) is 5.25. The van der Waals surface area contributed by atoms with Crippen LogP contribution >= 0.6 is 0 Å². The van der Waals surface area contributed by atoms with Crippen molar-refractivity contribution in [1.82, 2.24) is 10.1 Å². The summed E-state index contributed by atoms with van der Waals surface area (Å²) in [6.45, 7) is 5.98. The van der Waals surface area contributed by atoms with Gasteiger partial charge in [0.05, 0.1) is 5.56 Å². The third-order valence-electron chi connectivity index (χ3n) is 2.94. The predicted octanol–water partition coefficient (Wildman–Crippen LogP) is 3.09. The highest BCUT2D eigenvalue weighted by Gasteiger charge is 2.22. The Balaban J connectivity index is 2.38. The number of aromatic nitrogens is 2. The van der Waals surface area contributed by atoms with Gasteiger partial charge >= 0.3 is 0 Å². The fourth-order valence-electron chi connectivity index (χ4n) is 1.96. The molecule has 0 spiro atoms. The Morgan fingerprint density at radius 1 is 1.32 bits per heavy atom. The zero-order chi connectivity index (χ0) is 14.0. The van der Waals surface area contributed by atoms with E-state index >= 15 is 0 Å². The monoisotopic (exact) mass is 262 g/mol. The molecule has 1 unspecified atom stereocenters. The molecule has 102 valence electrons. The van der Waals surface area contributed by atoms with Crippen LogP contribution in [0.25, 0.3) is 11.5 Å². The first-order valence-corrected chi connectivity index (χ1v) is 6.19. The minimum Gasteiger partial charge on any atom is -0.507 e. The SMILES string of the molecule is COC(c1noc(-c2cc(C)ccc2O)n1)C(C)C. The van der Waals surface area contributed by atoms with Crippen molar-refractivity contribution < 1.29 is 14.4 Å². The molecule has 1 N–H and O–H groups in total. The van der Waals surface area contributed by atoms with Crippen LogP contribution < -0.4 is 0 Å². The van der Waals surface area contributed by atoms with E-state index in [4.69, 9.17) is 9.26 Å². The summed E-state index contributed by atoms with van der Waals surface area (Å²) in [7, 11) is 1.62. The number of hydrogen-bond donors (Lipinski definition) is 1. The molecule has 2 aromatic rings. The summed E-state index contributed by atoms with van der Waals surface area (Å²) < 4.78 is 10.6. The Hall–Kier alpha value is -1.88. The first-order valence-electron chi connectivity index (χ1n) is 6.19. The zero-order valence-electron chi connectivity index (χ0n) is 11.5. The lowest BCUT2D eigenvalue weighted by Crippen LogP contribution is -2.10. The van der Waals surface area contributed by atoms with Gasteiger partial charge in [0, 0.05) is 7.11 Å². The van der Waals surface area contributed by atoms with Gasteiger partial charge < -0.3 is 14.4 Å². The minimum atomic E-state index is -0.218. The summed E-state index contributed by atoms with van der Waals surface area (Å²) in [6.07, 6.45) is -0.218. The number of rotatable bonds is 4. The molecule has 0 saturated carbocycles. The predicted molar refractivity (Wildman–Crippen MR) is 70.7 cm³/mol. The van der Waals surface area contributed by atoms with Crippen molar-refractivity contribution in [3.63, 3.8) is 0 Å². The van der Waals surface area contributed by atoms with E-state index in [2.05, 4.69) is 10.1 Å². The van der Waals surface area contributed by atoms with Crippen molar-refractivity contribution in [2.75, 3.05) is 7.11 Å². The highest BCUT2D eigenvalue weighted by molar-refractivity contribution is 5.63. The van der Waals surface area contributed by atoms with E-state index in [0.717, 1.165) is 5.56 Å². The molecule has 0 fully saturated rings. The maximum absolute atomic E-state index is 9.84. The summed E-state index contributed by atoms with van der Waals surface area (Å²) in [5.41, 5.74) is 1.55. The van der Waals surface area contributed by atoms with Crippen molar-refractivity contribution in [2.45, 2.75) is 26.9 Å². The Labute approximate surface area is 112 Å². The second-order valence-electron chi connectivity index (χ2n) is 4.88. The van der Waals surface area contributed by atoms with E-state index in [-0.39, 0.29) is 17.8 Å². The van der Waals surface area contributed by atoms with E-state index in [1.165, 1.54) is 0 Å². The fraction of sp³-hybridized carbons (Fsp3) is 0.429. The highest BCUT2D eigenvalue weighted by Crippen LogP contribution is 2.30. The number of aryl methyl sites for hydroxylation is 1. The van der Waals surface area contributed by atoms with Crippen LogP contribution in [0, 0.1) is 12.8 Å². The van der Waals surface area contributed by atoms with Crippen LogP contribution in [0.1, 0.15) is 31.3 Å². The normalized spacial score (nSPS) is 12.9. The van der Waals surface area contributed by atoms with Crippen LogP contribution in [0.2, 0.25) is 0 Å². The molecular weight excluding hydrogens is 244 g/mol. The fourth-order valence-corrected chi connectivity index (χ4v) is 1.96. The Morgan fingerprint density at radius 2 is 2.05 bits per heavy atom. The Kier molecular flexibility index (Phi) is 3.85. The summed E-state index contributed by atoms with van der Waals surface area (Å²) >= 11 is 0. The van der Waals surface area contributed by atoms with Crippen LogP contribution in [0.4, 0.5) is 0 Å². The molecule has 0 radical (unpaired) electrons. The molecule has 5 heteroatoms.